The van der Waals surface area contributed by atoms with E-state index in [9.17, 15) is 72.2 Å². The number of hydrogen-bond acceptors (Lipinski definition) is 21. The number of nitrogens with two attached hydrogens (primary N) is 1. The summed E-state index contributed by atoms with van der Waals surface area (Å²) in [5.74, 6) is -2.53. The Morgan fingerprint density at radius 3 is 2.19 bits per heavy atom. The van der Waals surface area contributed by atoms with Gasteiger partial charge < -0.3 is 55.0 Å². The number of aliphatic hydroxyl groups is 3. The number of amides is 2. The molecule has 0 bridgehead atoms. The maximum absolute atomic E-state index is 12.4. The highest BCUT2D eigenvalue weighted by Crippen LogP contribution is 2.70. The average Bonchev–Trinajstić information content (AvgIpc) is 3.55. The molecule has 4 heterocycles. The van der Waals surface area contributed by atoms with E-state index < -0.39 is 113 Å². The van der Waals surface area contributed by atoms with Crippen LogP contribution in [-0.2, 0) is 63.9 Å². The first-order valence-electron chi connectivity index (χ1n) is 14.4. The summed E-state index contributed by atoms with van der Waals surface area (Å²) in [6.45, 7) is -1.60. The van der Waals surface area contributed by atoms with Crippen molar-refractivity contribution in [2.45, 2.75) is 43.7 Å². The molecule has 2 aromatic heterocycles. The Kier molecular flexibility index (Phi) is 14.1. The van der Waals surface area contributed by atoms with Gasteiger partial charge in [-0.1, -0.05) is 6.08 Å². The third kappa shape index (κ3) is 12.1. The summed E-state index contributed by atoms with van der Waals surface area (Å²) in [5, 5.41) is 32.7. The van der Waals surface area contributed by atoms with Crippen LogP contribution in [0.4, 0.5) is 5.82 Å². The van der Waals surface area contributed by atoms with Crippen molar-refractivity contribution >= 4 is 67.8 Å². The van der Waals surface area contributed by atoms with E-state index in [1.165, 1.54) is 6.08 Å². The number of nitrogen functional groups attached to an aromatic ring is 1. The third-order valence-electron chi connectivity index (χ3n) is 6.78. The second kappa shape index (κ2) is 17.1. The summed E-state index contributed by atoms with van der Waals surface area (Å²) in [6, 6.07) is 0. The molecule has 29 nitrogen and oxygen atoms in total. The van der Waals surface area contributed by atoms with Crippen molar-refractivity contribution in [3.05, 3.63) is 24.8 Å². The highest BCUT2D eigenvalue weighted by atomic mass is 31.3. The smallest absolute Gasteiger partial charge is 0.391 e. The maximum atomic E-state index is 12.4. The Labute approximate surface area is 301 Å². The number of carbonyl (C=O) groups is 2. The van der Waals surface area contributed by atoms with Gasteiger partial charge in [-0.05, 0) is 6.92 Å². The van der Waals surface area contributed by atoms with E-state index in [2.05, 4.69) is 36.9 Å². The normalized spacial score (nSPS) is 28.6. The van der Waals surface area contributed by atoms with E-state index in [1.54, 1.807) is 0 Å². The van der Waals surface area contributed by atoms with Crippen LogP contribution in [0.3, 0.4) is 0 Å². The highest BCUT2D eigenvalue weighted by Gasteiger charge is 2.48. The summed E-state index contributed by atoms with van der Waals surface area (Å²) in [6.07, 6.45) is -5.25. The van der Waals surface area contributed by atoms with Crippen LogP contribution in [0.1, 0.15) is 13.2 Å². The summed E-state index contributed by atoms with van der Waals surface area (Å²) in [4.78, 5) is 84.7. The Balaban J connectivity index is 1.28. The van der Waals surface area contributed by atoms with Gasteiger partial charge in [0, 0.05) is 6.08 Å². The molecule has 34 heteroatoms. The molecule has 0 aromatic carbocycles. The third-order valence-corrected chi connectivity index (χ3v) is 14.8. The topological polar surface area (TPSA) is 440 Å². The van der Waals surface area contributed by atoms with Crippen LogP contribution in [0.5, 0.6) is 0 Å². The number of carbonyl (C=O) groups excluding carboxylic acids is 2. The van der Waals surface area contributed by atoms with Crippen LogP contribution in [0.15, 0.2) is 24.8 Å². The molecule has 9 unspecified atom stereocenters. The highest BCUT2D eigenvalue weighted by molar-refractivity contribution is 7.74. The number of aromatic nitrogens is 4. The van der Waals surface area contributed by atoms with Gasteiger partial charge in [-0.25, -0.2) is 37.8 Å². The molecule has 2 amide bonds. The molecule has 1 saturated heterocycles. The number of imidazole rings is 1. The first-order valence-corrected chi connectivity index (χ1v) is 22.1. The fraction of sp³-hybridized carbons (Fsp3) is 0.550. The van der Waals surface area contributed by atoms with Crippen molar-refractivity contribution < 1.29 is 104 Å². The van der Waals surface area contributed by atoms with E-state index in [0.29, 0.717) is 4.86 Å². The van der Waals surface area contributed by atoms with E-state index in [4.69, 9.17) is 15.2 Å². The molecule has 12 atom stereocenters. The molecule has 0 saturated carbocycles. The van der Waals surface area contributed by atoms with E-state index >= 15 is 0 Å². The number of imide groups is 1. The first-order chi connectivity index (χ1) is 24.8. The first kappa shape index (κ1) is 44.5. The number of fused-ring (bicyclic) bond motifs is 1. The second-order valence-electron chi connectivity index (χ2n) is 10.9. The van der Waals surface area contributed by atoms with Gasteiger partial charge in [0.05, 0.1) is 38.2 Å². The van der Waals surface area contributed by atoms with E-state index in [0.717, 1.165) is 30.2 Å². The number of aliphatic hydroxyl groups excluding tert-OH is 3. The zero-order chi connectivity index (χ0) is 40.4. The minimum absolute atomic E-state index is 0.0328. The molecule has 2 aromatic rings. The number of phosphoric acid groups is 3. The molecule has 0 radical (unpaired) electrons. The molecule has 4 rings (SSSR count). The molecule has 54 heavy (non-hydrogen) atoms. The zero-order valence-corrected chi connectivity index (χ0v) is 31.3. The number of ether oxygens (including phenoxy) is 2. The predicted octanol–water partition coefficient (Wildman–Crippen LogP) is -2.20. The van der Waals surface area contributed by atoms with Crippen LogP contribution in [0, 0.1) is 5.92 Å². The van der Waals surface area contributed by atoms with Crippen LogP contribution >= 0.6 is 39.0 Å². The standard InChI is InChI=1S/C20H32N7O22P5/c1-9(28)11(43-4-10-2-3-13(29)25-19(10)32)5-44-53(39,40)49-54(41,42)48-51(35,36)26-50(33,34)47-52(37,38)45-6-12-15(30)16(31)20(46-12)27-8-24-14-17(21)22-7-23-18(14)27/h2-3,7-12,15-16,20,28,30-31H,4-6H2,1H3,(H,37,38)(H,39,40)(H,41,42)(H2,21,22,23)(H,25,29,32)(H3,26,33,34,35,36)/t9?,10?,11-,12-,15?,16?,20-/m1/s1. The van der Waals surface area contributed by atoms with E-state index in [-0.39, 0.29) is 17.0 Å². The number of hydrogen-bond donors (Lipinski definition) is 11. The summed E-state index contributed by atoms with van der Waals surface area (Å²) >= 11 is 0. The Bertz CT molecular complexity index is 2000. The number of anilines is 1. The molecule has 304 valence electrons. The van der Waals surface area contributed by atoms with Gasteiger partial charge in [-0.2, -0.15) is 12.9 Å². The van der Waals surface area contributed by atoms with Gasteiger partial charge in [-0.3, -0.25) is 28.5 Å². The Morgan fingerprint density at radius 1 is 0.926 bits per heavy atom. The van der Waals surface area contributed by atoms with Crippen molar-refractivity contribution in [3.8, 4) is 0 Å². The van der Waals surface area contributed by atoms with Gasteiger partial charge in [-0.15, -0.1) is 4.86 Å². The average molecular weight is 877 g/mol. The SMILES string of the molecule is CC(O)[C@@H](COP(=O)(O)OP(=O)(O)OP(=O)(O)NP(=O)(O)OP(=O)(O)OC[C@H]1O[C@@H](n2cnc3c(N)ncnc32)C(O)C1O)OCC1C=CC(=O)NC1=O. The number of phosphoric ester groups is 2. The lowest BCUT2D eigenvalue weighted by molar-refractivity contribution is -0.134. The minimum Gasteiger partial charge on any atom is -0.391 e. The van der Waals surface area contributed by atoms with Gasteiger partial charge in [0.15, 0.2) is 17.7 Å². The van der Waals surface area contributed by atoms with Crippen molar-refractivity contribution in [3.63, 3.8) is 0 Å². The molecule has 0 spiro atoms. The zero-order valence-electron chi connectivity index (χ0n) is 26.9. The fourth-order valence-electron chi connectivity index (χ4n) is 4.39. The van der Waals surface area contributed by atoms with Crippen molar-refractivity contribution in [1.29, 1.82) is 0 Å². The van der Waals surface area contributed by atoms with Gasteiger partial charge in [0.1, 0.15) is 36.3 Å². The molecular formula is C20H32N7O22P5. The van der Waals surface area contributed by atoms with Crippen LogP contribution in [0.2, 0.25) is 0 Å². The lowest BCUT2D eigenvalue weighted by Gasteiger charge is -2.25. The Hall–Kier alpha value is -2.26. The quantitative estimate of drug-likeness (QED) is 0.0527. The molecule has 2 aliphatic rings. The molecular weight excluding hydrogens is 845 g/mol. The van der Waals surface area contributed by atoms with Crippen molar-refractivity contribution in [1.82, 2.24) is 29.7 Å². The van der Waals surface area contributed by atoms with Gasteiger partial charge in [0.25, 0.3) is 0 Å². The van der Waals surface area contributed by atoms with Gasteiger partial charge in [0.2, 0.25) is 11.8 Å². The second-order valence-corrected chi connectivity index (χ2v) is 19.1. The van der Waals surface area contributed by atoms with Crippen LogP contribution < -0.4 is 15.9 Å². The van der Waals surface area contributed by atoms with Gasteiger partial charge >= 0.3 is 39.0 Å². The lowest BCUT2D eigenvalue weighted by atomic mass is 10.1. The summed E-state index contributed by atoms with van der Waals surface area (Å²) < 4.78 is 93.9. The van der Waals surface area contributed by atoms with E-state index in [1.807, 2.05) is 5.32 Å². The number of nitrogens with zero attached hydrogens (tertiary/aromatic N) is 4. The number of nitrogens with one attached hydrogen (secondary N) is 2. The predicted molar refractivity (Wildman–Crippen MR) is 170 cm³/mol. The molecule has 2 aliphatic heterocycles. The minimum atomic E-state index is -6.24. The summed E-state index contributed by atoms with van der Waals surface area (Å²) in [5.41, 5.74) is 5.87. The van der Waals surface area contributed by atoms with Crippen molar-refractivity contribution in [2.24, 2.45) is 5.92 Å². The maximum Gasteiger partial charge on any atom is 0.489 e. The monoisotopic (exact) mass is 877 g/mol. The molecule has 1 fully saturated rings. The van der Waals surface area contributed by atoms with Crippen LogP contribution in [0.25, 0.3) is 11.2 Å². The molecule has 12 N–H and O–H groups in total. The lowest BCUT2D eigenvalue weighted by Crippen LogP contribution is -2.41. The Morgan fingerprint density at radius 2 is 1.56 bits per heavy atom. The number of rotatable bonds is 19. The van der Waals surface area contributed by atoms with Crippen molar-refractivity contribution in [2.75, 3.05) is 25.6 Å². The largest absolute Gasteiger partial charge is 0.489 e. The fourth-order valence-corrected chi connectivity index (χ4v) is 11.3. The summed E-state index contributed by atoms with van der Waals surface area (Å²) in [7, 11) is -30.1. The van der Waals surface area contributed by atoms with Crippen LogP contribution in [-0.4, -0.2) is 121 Å². The molecule has 0 aliphatic carbocycles.